The highest BCUT2D eigenvalue weighted by atomic mass is 35.5. The van der Waals surface area contributed by atoms with Gasteiger partial charge < -0.3 is 9.80 Å². The molecule has 34 heavy (non-hydrogen) atoms. The fourth-order valence-electron chi connectivity index (χ4n) is 3.86. The quantitative estimate of drug-likeness (QED) is 0.437. The van der Waals surface area contributed by atoms with Gasteiger partial charge in [-0.1, -0.05) is 22.9 Å². The summed E-state index contributed by atoms with van der Waals surface area (Å²) in [7, 11) is 0. The number of rotatable bonds is 3. The summed E-state index contributed by atoms with van der Waals surface area (Å²) in [5, 5.41) is 9.05. The van der Waals surface area contributed by atoms with E-state index in [1.54, 1.807) is 28.9 Å². The molecule has 5 rings (SSSR count). The van der Waals surface area contributed by atoms with Crippen LogP contribution in [0.25, 0.3) is 16.9 Å². The maximum Gasteiger partial charge on any atom is 0.416 e. The first-order valence-electron chi connectivity index (χ1n) is 10.3. The van der Waals surface area contributed by atoms with E-state index in [-0.39, 0.29) is 5.56 Å². The molecular weight excluding hydrogens is 471 g/mol. The lowest BCUT2D eigenvalue weighted by Crippen LogP contribution is -2.49. The molecular formula is C22H17ClF3N7O. The number of hydrogen-bond acceptors (Lipinski definition) is 6. The molecule has 0 unspecified atom stereocenters. The third kappa shape index (κ3) is 4.14. The number of alkyl halides is 3. The van der Waals surface area contributed by atoms with E-state index in [4.69, 9.17) is 11.6 Å². The smallest absolute Gasteiger partial charge is 0.351 e. The molecule has 4 aromatic rings. The fraction of sp³-hybridized carbons (Fsp3) is 0.227. The number of benzene rings is 2. The van der Waals surface area contributed by atoms with E-state index < -0.39 is 17.6 Å². The minimum absolute atomic E-state index is 0.0126. The van der Waals surface area contributed by atoms with Crippen molar-refractivity contribution >= 4 is 34.5 Å². The van der Waals surface area contributed by atoms with Gasteiger partial charge in [0.1, 0.15) is 6.33 Å². The van der Waals surface area contributed by atoms with Crippen LogP contribution < -0.4 is 4.90 Å². The number of halogens is 4. The SMILES string of the molecule is O=C(c1cccc(C(F)(F)F)c1)N1CCN(c2ncnc3c2nnn3-c2ccc(Cl)cc2)CC1. The summed E-state index contributed by atoms with van der Waals surface area (Å²) >= 11 is 5.96. The van der Waals surface area contributed by atoms with Gasteiger partial charge in [0.05, 0.1) is 11.3 Å². The number of fused-ring (bicyclic) bond motifs is 1. The van der Waals surface area contributed by atoms with Crippen LogP contribution in [0.3, 0.4) is 0 Å². The average Bonchev–Trinajstić information content (AvgIpc) is 3.28. The molecule has 0 spiro atoms. The number of anilines is 1. The van der Waals surface area contributed by atoms with Crippen molar-refractivity contribution in [3.8, 4) is 5.69 Å². The molecule has 3 heterocycles. The lowest BCUT2D eigenvalue weighted by Gasteiger charge is -2.35. The van der Waals surface area contributed by atoms with Crippen LogP contribution in [0.5, 0.6) is 0 Å². The zero-order valence-corrected chi connectivity index (χ0v) is 18.3. The predicted octanol–water partition coefficient (Wildman–Crippen LogP) is 3.85. The number of piperazine rings is 1. The van der Waals surface area contributed by atoms with Gasteiger partial charge in [0, 0.05) is 36.8 Å². The minimum atomic E-state index is -4.50. The fourth-order valence-corrected chi connectivity index (χ4v) is 3.98. The van der Waals surface area contributed by atoms with Crippen molar-refractivity contribution in [1.29, 1.82) is 0 Å². The molecule has 0 saturated carbocycles. The molecule has 0 N–H and O–H groups in total. The van der Waals surface area contributed by atoms with Crippen molar-refractivity contribution in [2.75, 3.05) is 31.1 Å². The number of nitrogens with zero attached hydrogens (tertiary/aromatic N) is 7. The number of carbonyl (C=O) groups is 1. The molecule has 2 aromatic heterocycles. The second-order valence-electron chi connectivity index (χ2n) is 7.70. The van der Waals surface area contributed by atoms with Crippen LogP contribution in [0, 0.1) is 0 Å². The summed E-state index contributed by atoms with van der Waals surface area (Å²) in [5.74, 6) is 0.142. The largest absolute Gasteiger partial charge is 0.416 e. The molecule has 174 valence electrons. The molecule has 0 aliphatic carbocycles. The van der Waals surface area contributed by atoms with Crippen molar-refractivity contribution in [3.05, 3.63) is 71.0 Å². The van der Waals surface area contributed by atoms with Gasteiger partial charge in [-0.25, -0.2) is 9.97 Å². The van der Waals surface area contributed by atoms with Crippen LogP contribution in [0.2, 0.25) is 5.02 Å². The predicted molar refractivity (Wildman–Crippen MR) is 119 cm³/mol. The van der Waals surface area contributed by atoms with E-state index in [9.17, 15) is 18.0 Å². The lowest BCUT2D eigenvalue weighted by molar-refractivity contribution is -0.137. The zero-order valence-electron chi connectivity index (χ0n) is 17.6. The molecule has 0 atom stereocenters. The van der Waals surface area contributed by atoms with Crippen molar-refractivity contribution in [2.24, 2.45) is 0 Å². The normalized spacial score (nSPS) is 14.6. The third-order valence-corrected chi connectivity index (χ3v) is 5.84. The number of aromatic nitrogens is 5. The van der Waals surface area contributed by atoms with Crippen LogP contribution in [-0.4, -0.2) is 61.9 Å². The molecule has 1 fully saturated rings. The summed E-state index contributed by atoms with van der Waals surface area (Å²) in [6.45, 7) is 1.52. The average molecular weight is 488 g/mol. The number of carbonyl (C=O) groups excluding carboxylic acids is 1. The highest BCUT2D eigenvalue weighted by Gasteiger charge is 2.32. The topological polar surface area (TPSA) is 80.0 Å². The molecule has 0 bridgehead atoms. The van der Waals surface area contributed by atoms with Gasteiger partial charge in [0.25, 0.3) is 5.91 Å². The van der Waals surface area contributed by atoms with E-state index in [1.165, 1.54) is 23.4 Å². The second-order valence-corrected chi connectivity index (χ2v) is 8.14. The van der Waals surface area contributed by atoms with Gasteiger partial charge in [-0.05, 0) is 42.5 Å². The van der Waals surface area contributed by atoms with Gasteiger partial charge in [-0.15, -0.1) is 5.10 Å². The zero-order chi connectivity index (χ0) is 23.9. The molecule has 1 aliphatic heterocycles. The van der Waals surface area contributed by atoms with E-state index in [2.05, 4.69) is 20.3 Å². The lowest BCUT2D eigenvalue weighted by atomic mass is 10.1. The maximum absolute atomic E-state index is 13.0. The Labute approximate surface area is 196 Å². The molecule has 2 aromatic carbocycles. The summed E-state index contributed by atoms with van der Waals surface area (Å²) in [4.78, 5) is 25.0. The third-order valence-electron chi connectivity index (χ3n) is 5.59. The minimum Gasteiger partial charge on any atom is -0.351 e. The van der Waals surface area contributed by atoms with E-state index >= 15 is 0 Å². The standard InChI is InChI=1S/C22H17ClF3N7O/c23-16-4-6-17(7-5-16)33-20-18(29-30-33)19(27-13-28-20)31-8-10-32(11-9-31)21(34)14-2-1-3-15(12-14)22(24,25)26/h1-7,12-13H,8-11H2. The highest BCUT2D eigenvalue weighted by molar-refractivity contribution is 6.30. The monoisotopic (exact) mass is 487 g/mol. The van der Waals surface area contributed by atoms with Crippen LogP contribution in [0.15, 0.2) is 54.9 Å². The molecule has 8 nitrogen and oxygen atoms in total. The van der Waals surface area contributed by atoms with Gasteiger partial charge in [-0.2, -0.15) is 17.9 Å². The second kappa shape index (κ2) is 8.56. The summed E-state index contributed by atoms with van der Waals surface area (Å²) < 4.78 is 40.6. The first-order valence-corrected chi connectivity index (χ1v) is 10.7. The molecule has 12 heteroatoms. The summed E-state index contributed by atoms with van der Waals surface area (Å²) in [5.41, 5.74) is 0.945. The van der Waals surface area contributed by atoms with E-state index in [0.29, 0.717) is 48.2 Å². The first-order chi connectivity index (χ1) is 16.3. The Balaban J connectivity index is 1.34. The molecule has 1 saturated heterocycles. The summed E-state index contributed by atoms with van der Waals surface area (Å²) in [6, 6.07) is 11.6. The van der Waals surface area contributed by atoms with Crippen LogP contribution in [0.1, 0.15) is 15.9 Å². The van der Waals surface area contributed by atoms with Crippen molar-refractivity contribution < 1.29 is 18.0 Å². The highest BCUT2D eigenvalue weighted by Crippen LogP contribution is 2.30. The van der Waals surface area contributed by atoms with Gasteiger partial charge >= 0.3 is 6.18 Å². The van der Waals surface area contributed by atoms with Crippen molar-refractivity contribution in [1.82, 2.24) is 29.9 Å². The summed E-state index contributed by atoms with van der Waals surface area (Å²) in [6.07, 6.45) is -3.08. The Bertz CT molecular complexity index is 1350. The van der Waals surface area contributed by atoms with E-state index in [1.807, 2.05) is 4.90 Å². The molecule has 1 amide bonds. The number of amides is 1. The Hall–Kier alpha value is -3.73. The van der Waals surface area contributed by atoms with Crippen molar-refractivity contribution in [3.63, 3.8) is 0 Å². The van der Waals surface area contributed by atoms with Crippen LogP contribution in [-0.2, 0) is 6.18 Å². The Morgan fingerprint density at radius 3 is 2.41 bits per heavy atom. The van der Waals surface area contributed by atoms with Crippen LogP contribution >= 0.6 is 11.6 Å². The maximum atomic E-state index is 13.0. The van der Waals surface area contributed by atoms with Crippen molar-refractivity contribution in [2.45, 2.75) is 6.18 Å². The van der Waals surface area contributed by atoms with Gasteiger partial charge in [0.2, 0.25) is 0 Å². The molecule has 1 aliphatic rings. The first kappa shape index (κ1) is 22.1. The van der Waals surface area contributed by atoms with Crippen LogP contribution in [0.4, 0.5) is 19.0 Å². The number of hydrogen-bond donors (Lipinski definition) is 0. The molecule has 0 radical (unpaired) electrons. The van der Waals surface area contributed by atoms with E-state index in [0.717, 1.165) is 17.8 Å². The van der Waals surface area contributed by atoms with Gasteiger partial charge in [-0.3, -0.25) is 4.79 Å². The van der Waals surface area contributed by atoms with Gasteiger partial charge in [0.15, 0.2) is 17.0 Å². The Kier molecular flexibility index (Phi) is 5.56. The Morgan fingerprint density at radius 1 is 0.971 bits per heavy atom. The Morgan fingerprint density at radius 2 is 1.71 bits per heavy atom.